The maximum atomic E-state index is 12.7. The summed E-state index contributed by atoms with van der Waals surface area (Å²) in [7, 11) is 0. The minimum Gasteiger partial charge on any atom is -0.322 e. The molecule has 0 unspecified atom stereocenters. The number of nitrogens with one attached hydrogen (secondary N) is 1. The summed E-state index contributed by atoms with van der Waals surface area (Å²) in [6.07, 6.45) is 0.853. The minimum atomic E-state index is -0.138. The molecule has 1 N–H and O–H groups in total. The van der Waals surface area contributed by atoms with Crippen LogP contribution < -0.4 is 5.32 Å². The molecular weight excluding hydrogens is 428 g/mol. The van der Waals surface area contributed by atoms with Gasteiger partial charge in [-0.3, -0.25) is 9.59 Å². The molecule has 1 fully saturated rings. The smallest absolute Gasteiger partial charge is 0.255 e. The molecule has 1 atom stereocenters. The number of carbonyl (C=O) groups excluding carboxylic acids is 2. The normalized spacial score (nSPS) is 15.9. The van der Waals surface area contributed by atoms with Crippen molar-refractivity contribution in [2.75, 3.05) is 11.1 Å². The van der Waals surface area contributed by atoms with Crippen molar-refractivity contribution in [3.8, 4) is 0 Å². The highest BCUT2D eigenvalue weighted by Crippen LogP contribution is 2.39. The highest BCUT2D eigenvalue weighted by molar-refractivity contribution is 8.00. The van der Waals surface area contributed by atoms with Gasteiger partial charge in [-0.15, -0.1) is 11.8 Å². The van der Waals surface area contributed by atoms with Gasteiger partial charge in [-0.05, 0) is 53.4 Å². The lowest BCUT2D eigenvalue weighted by molar-refractivity contribution is -0.128. The van der Waals surface area contributed by atoms with Crippen LogP contribution in [0.3, 0.4) is 0 Å². The van der Waals surface area contributed by atoms with Crippen molar-refractivity contribution < 1.29 is 9.59 Å². The van der Waals surface area contributed by atoms with Crippen LogP contribution in [0.4, 0.5) is 5.69 Å². The van der Waals surface area contributed by atoms with Crippen molar-refractivity contribution in [2.24, 2.45) is 0 Å². The number of hydrogen-bond acceptors (Lipinski definition) is 3. The molecule has 0 aliphatic carbocycles. The van der Waals surface area contributed by atoms with Crippen molar-refractivity contribution in [2.45, 2.75) is 25.3 Å². The van der Waals surface area contributed by atoms with E-state index >= 15 is 0 Å². The van der Waals surface area contributed by atoms with Crippen LogP contribution in [0.1, 0.15) is 39.3 Å². The Morgan fingerprint density at radius 2 is 1.77 bits per heavy atom. The lowest BCUT2D eigenvalue weighted by atomic mass is 10.1. The Kier molecular flexibility index (Phi) is 6.64. The number of aryl methyl sites for hydroxylation is 1. The van der Waals surface area contributed by atoms with Gasteiger partial charge >= 0.3 is 0 Å². The second-order valence-corrected chi connectivity index (χ2v) is 8.90. The number of para-hydroxylation sites is 1. The molecule has 3 aromatic carbocycles. The van der Waals surface area contributed by atoms with E-state index in [1.165, 1.54) is 0 Å². The van der Waals surface area contributed by atoms with Crippen molar-refractivity contribution in [3.63, 3.8) is 0 Å². The zero-order chi connectivity index (χ0) is 21.8. The largest absolute Gasteiger partial charge is 0.322 e. The first-order valence-electron chi connectivity index (χ1n) is 10.2. The van der Waals surface area contributed by atoms with Gasteiger partial charge in [-0.1, -0.05) is 61.0 Å². The summed E-state index contributed by atoms with van der Waals surface area (Å²) >= 11 is 7.58. The number of nitrogens with zero attached hydrogens (tertiary/aromatic N) is 1. The predicted molar refractivity (Wildman–Crippen MR) is 127 cm³/mol. The monoisotopic (exact) mass is 450 g/mol. The van der Waals surface area contributed by atoms with Crippen molar-refractivity contribution >= 4 is 40.9 Å². The Labute approximate surface area is 191 Å². The Bertz CT molecular complexity index is 1080. The number of halogens is 1. The van der Waals surface area contributed by atoms with Gasteiger partial charge < -0.3 is 10.2 Å². The second-order valence-electron chi connectivity index (χ2n) is 7.40. The molecule has 31 heavy (non-hydrogen) atoms. The first kappa shape index (κ1) is 21.5. The standard InChI is InChI=1S/C25H23ClN2O2S/c1-2-18-5-3-4-6-22(18)27-24(30)19-9-11-20(12-10-19)25-28(23(29)16-31-25)15-17-7-13-21(26)14-8-17/h3-14,25H,2,15-16H2,1H3,(H,27,30)/t25-/m0/s1. The molecule has 1 saturated heterocycles. The highest BCUT2D eigenvalue weighted by Gasteiger charge is 2.32. The van der Waals surface area contributed by atoms with Gasteiger partial charge in [-0.2, -0.15) is 0 Å². The van der Waals surface area contributed by atoms with Crippen LogP contribution in [-0.4, -0.2) is 22.5 Å². The van der Waals surface area contributed by atoms with Crippen LogP contribution in [0.25, 0.3) is 0 Å². The SMILES string of the molecule is CCc1ccccc1NC(=O)c1ccc([C@@H]2SCC(=O)N2Cc2ccc(Cl)cc2)cc1. The van der Waals surface area contributed by atoms with Crippen molar-refractivity contribution in [1.29, 1.82) is 0 Å². The molecule has 0 aromatic heterocycles. The fourth-order valence-electron chi connectivity index (χ4n) is 3.63. The number of thioether (sulfide) groups is 1. The summed E-state index contributed by atoms with van der Waals surface area (Å²) in [4.78, 5) is 27.1. The number of amides is 2. The first-order valence-corrected chi connectivity index (χ1v) is 11.6. The topological polar surface area (TPSA) is 49.4 Å². The summed E-state index contributed by atoms with van der Waals surface area (Å²) in [6, 6.07) is 22.9. The van der Waals surface area contributed by atoms with Crippen molar-refractivity contribution in [3.05, 3.63) is 100 Å². The van der Waals surface area contributed by atoms with E-state index in [-0.39, 0.29) is 17.2 Å². The van der Waals surface area contributed by atoms with E-state index in [0.717, 1.165) is 28.8 Å². The zero-order valence-electron chi connectivity index (χ0n) is 17.2. The molecule has 2 amide bonds. The molecule has 0 spiro atoms. The molecule has 158 valence electrons. The van der Waals surface area contributed by atoms with Gasteiger partial charge in [0.25, 0.3) is 5.91 Å². The Hall–Kier alpha value is -2.76. The first-order chi connectivity index (χ1) is 15.0. The molecule has 3 aromatic rings. The fraction of sp³-hybridized carbons (Fsp3) is 0.200. The third-order valence-corrected chi connectivity index (χ3v) is 6.85. The molecule has 1 aliphatic heterocycles. The summed E-state index contributed by atoms with van der Waals surface area (Å²) in [5.74, 6) is 0.428. The molecule has 0 radical (unpaired) electrons. The highest BCUT2D eigenvalue weighted by atomic mass is 35.5. The van der Waals surface area contributed by atoms with Gasteiger partial charge in [0.15, 0.2) is 0 Å². The van der Waals surface area contributed by atoms with Gasteiger partial charge in [0.05, 0.1) is 5.75 Å². The van der Waals surface area contributed by atoms with E-state index in [1.54, 1.807) is 11.8 Å². The Morgan fingerprint density at radius 1 is 1.06 bits per heavy atom. The Morgan fingerprint density at radius 3 is 2.48 bits per heavy atom. The summed E-state index contributed by atoms with van der Waals surface area (Å²) in [5.41, 5.74) is 4.58. The van der Waals surface area contributed by atoms with Crippen LogP contribution in [0.2, 0.25) is 5.02 Å². The Balaban J connectivity index is 1.48. The van der Waals surface area contributed by atoms with E-state index in [1.807, 2.05) is 77.7 Å². The average Bonchev–Trinajstić information content (AvgIpc) is 3.16. The molecular formula is C25H23ClN2O2S. The number of carbonyl (C=O) groups is 2. The van der Waals surface area contributed by atoms with E-state index in [4.69, 9.17) is 11.6 Å². The lowest BCUT2D eigenvalue weighted by Crippen LogP contribution is -2.27. The molecule has 6 heteroatoms. The van der Waals surface area contributed by atoms with Crippen LogP contribution in [0.5, 0.6) is 0 Å². The molecule has 1 heterocycles. The van der Waals surface area contributed by atoms with Gasteiger partial charge in [0.2, 0.25) is 5.91 Å². The van der Waals surface area contributed by atoms with E-state index in [0.29, 0.717) is 22.9 Å². The molecule has 4 rings (SSSR count). The van der Waals surface area contributed by atoms with Crippen molar-refractivity contribution in [1.82, 2.24) is 4.90 Å². The van der Waals surface area contributed by atoms with Crippen LogP contribution in [0.15, 0.2) is 72.8 Å². The quantitative estimate of drug-likeness (QED) is 0.506. The second kappa shape index (κ2) is 9.58. The van der Waals surface area contributed by atoms with Gasteiger partial charge in [0.1, 0.15) is 5.37 Å². The third-order valence-electron chi connectivity index (χ3n) is 5.34. The van der Waals surface area contributed by atoms with Crippen LogP contribution in [-0.2, 0) is 17.8 Å². The zero-order valence-corrected chi connectivity index (χ0v) is 18.7. The van der Waals surface area contributed by atoms with Crippen LogP contribution in [0, 0.1) is 0 Å². The van der Waals surface area contributed by atoms with E-state index in [2.05, 4.69) is 12.2 Å². The third kappa shape index (κ3) is 4.94. The number of rotatable bonds is 6. The molecule has 1 aliphatic rings. The lowest BCUT2D eigenvalue weighted by Gasteiger charge is -2.24. The molecule has 0 bridgehead atoms. The molecule has 0 saturated carbocycles. The summed E-state index contributed by atoms with van der Waals surface area (Å²) in [6.45, 7) is 2.60. The number of anilines is 1. The fourth-order valence-corrected chi connectivity index (χ4v) is 4.95. The summed E-state index contributed by atoms with van der Waals surface area (Å²) < 4.78 is 0. The van der Waals surface area contributed by atoms with Gasteiger partial charge in [0, 0.05) is 22.8 Å². The number of hydrogen-bond donors (Lipinski definition) is 1. The van der Waals surface area contributed by atoms with E-state index in [9.17, 15) is 9.59 Å². The van der Waals surface area contributed by atoms with E-state index < -0.39 is 0 Å². The van der Waals surface area contributed by atoms with Gasteiger partial charge in [-0.25, -0.2) is 0 Å². The summed E-state index contributed by atoms with van der Waals surface area (Å²) in [5, 5.41) is 3.61. The number of benzene rings is 3. The predicted octanol–water partition coefficient (Wildman–Crippen LogP) is 5.93. The maximum absolute atomic E-state index is 12.7. The average molecular weight is 451 g/mol. The van der Waals surface area contributed by atoms with Crippen LogP contribution >= 0.6 is 23.4 Å². The minimum absolute atomic E-state index is 0.0684. The molecule has 4 nitrogen and oxygen atoms in total. The maximum Gasteiger partial charge on any atom is 0.255 e.